The number of aromatic hydroxyl groups is 1. The molecule has 1 aromatic heterocycles. The van der Waals surface area contributed by atoms with E-state index in [9.17, 15) is 19.8 Å². The summed E-state index contributed by atoms with van der Waals surface area (Å²) in [4.78, 5) is 23.6. The number of aromatic nitrogens is 1. The van der Waals surface area contributed by atoms with E-state index in [2.05, 4.69) is 5.32 Å². The van der Waals surface area contributed by atoms with Gasteiger partial charge < -0.3 is 20.1 Å². The molecule has 1 unspecified atom stereocenters. The third kappa shape index (κ3) is 3.28. The van der Waals surface area contributed by atoms with Gasteiger partial charge in [0, 0.05) is 19.2 Å². The molecule has 22 heavy (non-hydrogen) atoms. The Balaban J connectivity index is 2.16. The van der Waals surface area contributed by atoms with Crippen molar-refractivity contribution in [2.24, 2.45) is 7.05 Å². The number of aryl methyl sites for hydroxylation is 1. The number of carboxylic acid groups (broad SMARTS) is 1. The first-order valence-electron chi connectivity index (χ1n) is 6.83. The number of nitrogens with zero attached hydrogens (tertiary/aromatic N) is 1. The van der Waals surface area contributed by atoms with Gasteiger partial charge in [-0.2, -0.15) is 0 Å². The summed E-state index contributed by atoms with van der Waals surface area (Å²) in [5, 5.41) is 21.5. The molecule has 0 aliphatic rings. The van der Waals surface area contributed by atoms with Gasteiger partial charge in [-0.15, -0.1) is 0 Å². The first-order valence-corrected chi connectivity index (χ1v) is 6.83. The molecule has 0 radical (unpaired) electrons. The molecule has 0 aliphatic heterocycles. The van der Waals surface area contributed by atoms with Gasteiger partial charge in [-0.05, 0) is 30.7 Å². The molecule has 6 nitrogen and oxygen atoms in total. The molecule has 6 heteroatoms. The number of nitrogens with one attached hydrogen (secondary N) is 1. The van der Waals surface area contributed by atoms with Crippen molar-refractivity contribution in [2.75, 3.05) is 0 Å². The highest BCUT2D eigenvalue weighted by atomic mass is 16.4. The number of carbonyl (C=O) groups is 2. The Morgan fingerprint density at radius 2 is 1.91 bits per heavy atom. The molecule has 0 saturated heterocycles. The maximum Gasteiger partial charge on any atom is 0.326 e. The van der Waals surface area contributed by atoms with Crippen molar-refractivity contribution in [3.63, 3.8) is 0 Å². The number of amides is 1. The molecule has 0 fully saturated rings. The number of carboxylic acids is 1. The minimum atomic E-state index is -1.15. The number of hydrogen-bond acceptors (Lipinski definition) is 3. The average molecular weight is 302 g/mol. The summed E-state index contributed by atoms with van der Waals surface area (Å²) in [6.07, 6.45) is 0.0111. The lowest BCUT2D eigenvalue weighted by molar-refractivity contribution is -0.139. The Morgan fingerprint density at radius 3 is 2.45 bits per heavy atom. The van der Waals surface area contributed by atoms with Crippen molar-refractivity contribution in [2.45, 2.75) is 19.4 Å². The topological polar surface area (TPSA) is 91.6 Å². The fourth-order valence-corrected chi connectivity index (χ4v) is 2.18. The van der Waals surface area contributed by atoms with E-state index in [1.165, 1.54) is 6.07 Å². The average Bonchev–Trinajstić information content (AvgIpc) is 2.80. The molecule has 3 N–H and O–H groups in total. The van der Waals surface area contributed by atoms with E-state index in [-0.39, 0.29) is 12.2 Å². The van der Waals surface area contributed by atoms with Gasteiger partial charge in [0.05, 0.1) is 0 Å². The maximum absolute atomic E-state index is 12.2. The van der Waals surface area contributed by atoms with Crippen LogP contribution in [-0.4, -0.2) is 32.7 Å². The second-order valence-electron chi connectivity index (χ2n) is 5.12. The highest BCUT2D eigenvalue weighted by Gasteiger charge is 2.23. The smallest absolute Gasteiger partial charge is 0.326 e. The van der Waals surface area contributed by atoms with Crippen LogP contribution in [-0.2, 0) is 18.3 Å². The molecular formula is C16H18N2O4. The Kier molecular flexibility index (Phi) is 4.50. The summed E-state index contributed by atoms with van der Waals surface area (Å²) >= 11 is 0. The zero-order chi connectivity index (χ0) is 16.3. The minimum absolute atomic E-state index is 0.0111. The molecule has 2 rings (SSSR count). The lowest BCUT2D eigenvalue weighted by Crippen LogP contribution is -2.42. The van der Waals surface area contributed by atoms with Crippen LogP contribution in [0.5, 0.6) is 5.75 Å². The molecule has 1 atom stereocenters. The summed E-state index contributed by atoms with van der Waals surface area (Å²) in [7, 11) is 1.74. The van der Waals surface area contributed by atoms with Crippen molar-refractivity contribution in [1.82, 2.24) is 9.88 Å². The number of carbonyl (C=O) groups excluding carboxylic acids is 1. The van der Waals surface area contributed by atoms with Gasteiger partial charge in [0.15, 0.2) is 0 Å². The van der Waals surface area contributed by atoms with E-state index < -0.39 is 17.9 Å². The zero-order valence-corrected chi connectivity index (χ0v) is 12.4. The summed E-state index contributed by atoms with van der Waals surface area (Å²) < 4.78 is 1.69. The van der Waals surface area contributed by atoms with Crippen LogP contribution in [0.15, 0.2) is 36.4 Å². The molecule has 116 valence electrons. The third-order valence-electron chi connectivity index (χ3n) is 3.62. The first kappa shape index (κ1) is 15.6. The lowest BCUT2D eigenvalue weighted by atomic mass is 10.0. The van der Waals surface area contributed by atoms with E-state index in [1.807, 2.05) is 6.92 Å². The number of hydrogen-bond donors (Lipinski definition) is 3. The highest BCUT2D eigenvalue weighted by molar-refractivity contribution is 5.95. The fraction of sp³-hybridized carbons (Fsp3) is 0.250. The summed E-state index contributed by atoms with van der Waals surface area (Å²) in [5.41, 5.74) is 1.76. The Bertz CT molecular complexity index is 706. The zero-order valence-electron chi connectivity index (χ0n) is 12.4. The van der Waals surface area contributed by atoms with Crippen LogP contribution in [0.3, 0.4) is 0 Å². The van der Waals surface area contributed by atoms with Crippen LogP contribution in [0.4, 0.5) is 0 Å². The van der Waals surface area contributed by atoms with Crippen molar-refractivity contribution in [3.05, 3.63) is 53.3 Å². The SMILES string of the molecule is Cc1ccc(C(=O)NC(Cc2ccccc2O)C(=O)O)n1C. The van der Waals surface area contributed by atoms with Gasteiger partial charge in [-0.1, -0.05) is 18.2 Å². The highest BCUT2D eigenvalue weighted by Crippen LogP contribution is 2.17. The summed E-state index contributed by atoms with van der Waals surface area (Å²) in [6.45, 7) is 1.85. The first-order chi connectivity index (χ1) is 10.4. The van der Waals surface area contributed by atoms with E-state index in [0.717, 1.165) is 5.69 Å². The van der Waals surface area contributed by atoms with Crippen molar-refractivity contribution < 1.29 is 19.8 Å². The van der Waals surface area contributed by atoms with Gasteiger partial charge >= 0.3 is 5.97 Å². The van der Waals surface area contributed by atoms with E-state index >= 15 is 0 Å². The third-order valence-corrected chi connectivity index (χ3v) is 3.62. The van der Waals surface area contributed by atoms with Crippen LogP contribution >= 0.6 is 0 Å². The molecule has 0 bridgehead atoms. The minimum Gasteiger partial charge on any atom is -0.508 e. The number of para-hydroxylation sites is 1. The van der Waals surface area contributed by atoms with Gasteiger partial charge in [0.25, 0.3) is 5.91 Å². The molecule has 1 amide bonds. The quantitative estimate of drug-likeness (QED) is 0.780. The van der Waals surface area contributed by atoms with Crippen LogP contribution in [0.1, 0.15) is 21.7 Å². The Morgan fingerprint density at radius 1 is 1.23 bits per heavy atom. The van der Waals surface area contributed by atoms with Gasteiger partial charge in [-0.25, -0.2) is 4.79 Å². The number of benzene rings is 1. The number of phenols is 1. The Hall–Kier alpha value is -2.76. The van der Waals surface area contributed by atoms with Gasteiger partial charge in [-0.3, -0.25) is 4.79 Å². The van der Waals surface area contributed by atoms with Crippen molar-refractivity contribution in [1.29, 1.82) is 0 Å². The molecule has 0 aliphatic carbocycles. The Labute approximate surface area is 128 Å². The van der Waals surface area contributed by atoms with E-state index in [0.29, 0.717) is 11.3 Å². The predicted octanol–water partition coefficient (Wildman–Crippen LogP) is 1.46. The van der Waals surface area contributed by atoms with Crippen LogP contribution in [0.25, 0.3) is 0 Å². The molecular weight excluding hydrogens is 284 g/mol. The number of rotatable bonds is 5. The summed E-state index contributed by atoms with van der Waals surface area (Å²) in [5.74, 6) is -1.60. The second-order valence-corrected chi connectivity index (χ2v) is 5.12. The van der Waals surface area contributed by atoms with Crippen molar-refractivity contribution in [3.8, 4) is 5.75 Å². The molecule has 1 heterocycles. The molecule has 0 spiro atoms. The molecule has 0 saturated carbocycles. The normalized spacial score (nSPS) is 11.9. The van der Waals surface area contributed by atoms with E-state index in [1.54, 1.807) is 41.9 Å². The van der Waals surface area contributed by atoms with Crippen LogP contribution < -0.4 is 5.32 Å². The van der Waals surface area contributed by atoms with Crippen LogP contribution in [0, 0.1) is 6.92 Å². The molecule has 1 aromatic carbocycles. The molecule has 2 aromatic rings. The maximum atomic E-state index is 12.2. The number of aliphatic carboxylic acids is 1. The van der Waals surface area contributed by atoms with E-state index in [4.69, 9.17) is 0 Å². The largest absolute Gasteiger partial charge is 0.508 e. The fourth-order valence-electron chi connectivity index (χ4n) is 2.18. The standard InChI is InChI=1S/C16H18N2O4/c1-10-7-8-13(18(10)2)15(20)17-12(16(21)22)9-11-5-3-4-6-14(11)19/h3-8,12,19H,9H2,1-2H3,(H,17,20)(H,21,22). The van der Waals surface area contributed by atoms with Gasteiger partial charge in [0.1, 0.15) is 17.5 Å². The monoisotopic (exact) mass is 302 g/mol. The number of phenolic OH excluding ortho intramolecular Hbond substituents is 1. The van der Waals surface area contributed by atoms with Crippen LogP contribution in [0.2, 0.25) is 0 Å². The second kappa shape index (κ2) is 6.34. The van der Waals surface area contributed by atoms with Crippen molar-refractivity contribution >= 4 is 11.9 Å². The predicted molar refractivity (Wildman–Crippen MR) is 80.9 cm³/mol. The summed E-state index contributed by atoms with van der Waals surface area (Å²) in [6, 6.07) is 8.78. The van der Waals surface area contributed by atoms with Gasteiger partial charge in [0.2, 0.25) is 0 Å². The lowest BCUT2D eigenvalue weighted by Gasteiger charge is -2.16.